The fourth-order valence-corrected chi connectivity index (χ4v) is 4.84. The SMILES string of the molecule is CN(CCCNC(=O)OC(C)(C)C)c1c(NC(=O)c2nc(-c3c(F)cccc3F)sc2NC(=O)OC(C)(C)C)cnn1C. The smallest absolute Gasteiger partial charge is 0.412 e. The third-order valence-electron chi connectivity index (χ3n) is 5.49. The summed E-state index contributed by atoms with van der Waals surface area (Å²) in [5.74, 6) is -1.95. The highest BCUT2D eigenvalue weighted by Gasteiger charge is 2.27. The van der Waals surface area contributed by atoms with Crippen molar-refractivity contribution in [3.8, 4) is 10.6 Å². The van der Waals surface area contributed by atoms with Gasteiger partial charge >= 0.3 is 12.2 Å². The van der Waals surface area contributed by atoms with E-state index in [0.717, 1.165) is 23.5 Å². The molecule has 0 aliphatic heterocycles. The first kappa shape index (κ1) is 33.2. The van der Waals surface area contributed by atoms with E-state index in [1.165, 1.54) is 12.3 Å². The van der Waals surface area contributed by atoms with Crippen LogP contribution in [0.2, 0.25) is 0 Å². The Morgan fingerprint density at radius 3 is 2.21 bits per heavy atom. The van der Waals surface area contributed by atoms with Crippen molar-refractivity contribution in [1.29, 1.82) is 0 Å². The molecule has 1 aromatic carbocycles. The van der Waals surface area contributed by atoms with Crippen LogP contribution in [0.3, 0.4) is 0 Å². The predicted octanol–water partition coefficient (Wildman–Crippen LogP) is 5.77. The number of hydrogen-bond acceptors (Lipinski definition) is 9. The van der Waals surface area contributed by atoms with Crippen LogP contribution in [0, 0.1) is 11.6 Å². The molecule has 2 heterocycles. The molecule has 234 valence electrons. The van der Waals surface area contributed by atoms with E-state index in [9.17, 15) is 23.2 Å². The highest BCUT2D eigenvalue weighted by atomic mass is 32.1. The molecule has 0 unspecified atom stereocenters. The topological polar surface area (TPSA) is 140 Å². The van der Waals surface area contributed by atoms with E-state index in [4.69, 9.17) is 9.47 Å². The van der Waals surface area contributed by atoms with E-state index < -0.39 is 46.5 Å². The Balaban J connectivity index is 1.81. The number of nitrogens with one attached hydrogen (secondary N) is 3. The van der Waals surface area contributed by atoms with Crippen molar-refractivity contribution < 1.29 is 32.6 Å². The summed E-state index contributed by atoms with van der Waals surface area (Å²) in [6.45, 7) is 11.2. The van der Waals surface area contributed by atoms with Gasteiger partial charge in [-0.05, 0) is 60.1 Å². The third kappa shape index (κ3) is 9.36. The Hall–Kier alpha value is -4.27. The number of benzene rings is 1. The number of thiazole rings is 1. The second-order valence-corrected chi connectivity index (χ2v) is 12.6. The molecular formula is C28H37F2N7O5S. The van der Waals surface area contributed by atoms with Crippen molar-refractivity contribution in [2.24, 2.45) is 7.05 Å². The summed E-state index contributed by atoms with van der Waals surface area (Å²) in [6.07, 6.45) is 0.611. The molecule has 0 saturated carbocycles. The summed E-state index contributed by atoms with van der Waals surface area (Å²) in [4.78, 5) is 43.9. The molecule has 0 fully saturated rings. The molecule has 43 heavy (non-hydrogen) atoms. The number of halogens is 2. The number of rotatable bonds is 9. The maximum atomic E-state index is 14.6. The second kappa shape index (κ2) is 13.4. The zero-order valence-electron chi connectivity index (χ0n) is 25.4. The van der Waals surface area contributed by atoms with Gasteiger partial charge in [-0.1, -0.05) is 17.4 Å². The molecule has 0 atom stereocenters. The second-order valence-electron chi connectivity index (χ2n) is 11.6. The Labute approximate surface area is 252 Å². The van der Waals surface area contributed by atoms with E-state index in [-0.39, 0.29) is 15.7 Å². The van der Waals surface area contributed by atoms with E-state index in [2.05, 4.69) is 26.0 Å². The Kier molecular flexibility index (Phi) is 10.3. The van der Waals surface area contributed by atoms with Crippen molar-refractivity contribution in [1.82, 2.24) is 20.1 Å². The molecule has 3 rings (SSSR count). The molecule has 0 radical (unpaired) electrons. The van der Waals surface area contributed by atoms with E-state index >= 15 is 0 Å². The monoisotopic (exact) mass is 621 g/mol. The van der Waals surface area contributed by atoms with Gasteiger partial charge in [-0.25, -0.2) is 23.4 Å². The average Bonchev–Trinajstić information content (AvgIpc) is 3.42. The molecule has 3 aromatic rings. The number of anilines is 3. The number of carbonyl (C=O) groups excluding carboxylic acids is 3. The van der Waals surface area contributed by atoms with Crippen molar-refractivity contribution >= 4 is 45.9 Å². The molecule has 3 N–H and O–H groups in total. The van der Waals surface area contributed by atoms with Gasteiger partial charge in [0.1, 0.15) is 38.5 Å². The lowest BCUT2D eigenvalue weighted by Crippen LogP contribution is -2.34. The van der Waals surface area contributed by atoms with Crippen LogP contribution in [0.5, 0.6) is 0 Å². The van der Waals surface area contributed by atoms with Crippen LogP contribution in [-0.4, -0.2) is 64.2 Å². The maximum absolute atomic E-state index is 14.6. The first-order valence-electron chi connectivity index (χ1n) is 13.4. The van der Waals surface area contributed by atoms with Gasteiger partial charge in [-0.15, -0.1) is 0 Å². The minimum Gasteiger partial charge on any atom is -0.444 e. The largest absolute Gasteiger partial charge is 0.444 e. The fourth-order valence-electron chi connectivity index (χ4n) is 3.84. The number of carbonyl (C=O) groups is 3. The maximum Gasteiger partial charge on any atom is 0.412 e. The average molecular weight is 622 g/mol. The van der Waals surface area contributed by atoms with Crippen LogP contribution in [0.15, 0.2) is 24.4 Å². The standard InChI is InChI=1S/C28H37F2N7O5S/c1-27(2,3)41-25(39)31-13-10-14-36(7)24-18(15-32-37(24)8)33-21(38)20-23(35-26(40)42-28(4,5)6)43-22(34-20)19-16(29)11-9-12-17(19)30/h9,11-12,15H,10,13-14H2,1-8H3,(H,31,39)(H,33,38)(H,35,40). The number of nitrogens with zero attached hydrogens (tertiary/aromatic N) is 4. The molecular weight excluding hydrogens is 584 g/mol. The highest BCUT2D eigenvalue weighted by Crippen LogP contribution is 2.36. The summed E-state index contributed by atoms with van der Waals surface area (Å²) in [7, 11) is 3.48. The third-order valence-corrected chi connectivity index (χ3v) is 6.48. The highest BCUT2D eigenvalue weighted by molar-refractivity contribution is 7.19. The zero-order chi connectivity index (χ0) is 32.1. The van der Waals surface area contributed by atoms with Crippen molar-refractivity contribution in [2.45, 2.75) is 59.2 Å². The van der Waals surface area contributed by atoms with Crippen molar-refractivity contribution in [2.75, 3.05) is 35.7 Å². The number of alkyl carbamates (subject to hydrolysis) is 1. The molecule has 3 amide bonds. The summed E-state index contributed by atoms with van der Waals surface area (Å²) in [5.41, 5.74) is -1.82. The van der Waals surface area contributed by atoms with Crippen LogP contribution < -0.4 is 20.9 Å². The van der Waals surface area contributed by atoms with Crippen LogP contribution in [0.1, 0.15) is 58.5 Å². The first-order chi connectivity index (χ1) is 19.9. The Morgan fingerprint density at radius 1 is 1.00 bits per heavy atom. The molecule has 15 heteroatoms. The van der Waals surface area contributed by atoms with Gasteiger partial charge in [-0.2, -0.15) is 5.10 Å². The minimum atomic E-state index is -0.873. The van der Waals surface area contributed by atoms with Crippen LogP contribution >= 0.6 is 11.3 Å². The van der Waals surface area contributed by atoms with Gasteiger partial charge in [0.15, 0.2) is 11.5 Å². The summed E-state index contributed by atoms with van der Waals surface area (Å²) >= 11 is 0.729. The molecule has 0 bridgehead atoms. The van der Waals surface area contributed by atoms with Gasteiger partial charge in [-0.3, -0.25) is 14.8 Å². The number of ether oxygens (including phenoxy) is 2. The summed E-state index contributed by atoms with van der Waals surface area (Å²) in [6, 6.07) is 3.35. The van der Waals surface area contributed by atoms with E-state index in [1.54, 1.807) is 60.3 Å². The quantitative estimate of drug-likeness (QED) is 0.256. The van der Waals surface area contributed by atoms with Gasteiger partial charge in [0.25, 0.3) is 5.91 Å². The fraction of sp³-hybridized carbons (Fsp3) is 0.464. The van der Waals surface area contributed by atoms with Gasteiger partial charge < -0.3 is 25.0 Å². The number of aromatic nitrogens is 3. The Morgan fingerprint density at radius 2 is 1.60 bits per heavy atom. The lowest BCUT2D eigenvalue weighted by molar-refractivity contribution is 0.0526. The number of aryl methyl sites for hydroxylation is 1. The molecule has 0 saturated heterocycles. The van der Waals surface area contributed by atoms with Gasteiger partial charge in [0.2, 0.25) is 0 Å². The van der Waals surface area contributed by atoms with Gasteiger partial charge in [0.05, 0.1) is 11.8 Å². The van der Waals surface area contributed by atoms with Crippen LogP contribution in [0.25, 0.3) is 10.6 Å². The number of hydrogen-bond donors (Lipinski definition) is 3. The van der Waals surface area contributed by atoms with Crippen molar-refractivity contribution in [3.63, 3.8) is 0 Å². The van der Waals surface area contributed by atoms with Crippen LogP contribution in [0.4, 0.5) is 34.9 Å². The molecule has 12 nitrogen and oxygen atoms in total. The predicted molar refractivity (Wildman–Crippen MR) is 161 cm³/mol. The van der Waals surface area contributed by atoms with E-state index in [1.807, 2.05) is 4.90 Å². The normalized spacial score (nSPS) is 11.6. The van der Waals surface area contributed by atoms with Crippen molar-refractivity contribution in [3.05, 3.63) is 41.7 Å². The van der Waals surface area contributed by atoms with Gasteiger partial charge in [0, 0.05) is 27.2 Å². The van der Waals surface area contributed by atoms with E-state index in [0.29, 0.717) is 31.0 Å². The minimum absolute atomic E-state index is 0.0589. The first-order valence-corrected chi connectivity index (χ1v) is 14.2. The Bertz CT molecular complexity index is 1460. The molecule has 0 aliphatic rings. The van der Waals surface area contributed by atoms with Crippen LogP contribution in [-0.2, 0) is 16.5 Å². The molecule has 0 aliphatic carbocycles. The summed E-state index contributed by atoms with van der Waals surface area (Å²) < 4.78 is 41.2. The molecule has 0 spiro atoms. The number of amides is 3. The summed E-state index contributed by atoms with van der Waals surface area (Å²) in [5, 5.41) is 11.9. The zero-order valence-corrected chi connectivity index (χ0v) is 26.2. The molecule has 2 aromatic heterocycles. The lowest BCUT2D eigenvalue weighted by atomic mass is 10.2. The lowest BCUT2D eigenvalue weighted by Gasteiger charge is -2.22.